The molecule has 6 heteroatoms. The average molecular weight is 367 g/mol. The van der Waals surface area contributed by atoms with Crippen molar-refractivity contribution in [2.45, 2.75) is 64.8 Å². The van der Waals surface area contributed by atoms with Crippen LogP contribution in [0.5, 0.6) is 0 Å². The van der Waals surface area contributed by atoms with E-state index in [0.717, 1.165) is 19.3 Å². The summed E-state index contributed by atoms with van der Waals surface area (Å²) in [5.74, 6) is 0.519. The average Bonchev–Trinajstić information content (AvgIpc) is 2.99. The maximum Gasteiger partial charge on any atom is 0.251 e. The smallest absolute Gasteiger partial charge is 0.251 e. The zero-order chi connectivity index (χ0) is 18.3. The van der Waals surface area contributed by atoms with E-state index in [2.05, 4.69) is 17.0 Å². The predicted molar refractivity (Wildman–Crippen MR) is 102 cm³/mol. The molecule has 0 bridgehead atoms. The van der Waals surface area contributed by atoms with Crippen molar-refractivity contribution in [3.05, 3.63) is 29.8 Å². The van der Waals surface area contributed by atoms with Crippen LogP contribution in [0.2, 0.25) is 0 Å². The molecule has 2 N–H and O–H groups in total. The normalized spacial score (nSPS) is 20.4. The summed E-state index contributed by atoms with van der Waals surface area (Å²) >= 11 is 0. The third-order valence-corrected chi connectivity index (χ3v) is 6.27. The zero-order valence-corrected chi connectivity index (χ0v) is 16.1. The maximum atomic E-state index is 12.6. The van der Waals surface area contributed by atoms with Crippen LogP contribution in [-0.4, -0.2) is 26.1 Å². The molecule has 2 rings (SSSR count). The molecule has 5 nitrogen and oxygen atoms in total. The molecule has 25 heavy (non-hydrogen) atoms. The summed E-state index contributed by atoms with van der Waals surface area (Å²) in [6, 6.07) is 6.95. The van der Waals surface area contributed by atoms with Gasteiger partial charge >= 0.3 is 0 Å². The van der Waals surface area contributed by atoms with Gasteiger partial charge in [-0.05, 0) is 49.8 Å². The van der Waals surface area contributed by atoms with Gasteiger partial charge in [-0.2, -0.15) is 0 Å². The first-order valence-corrected chi connectivity index (χ1v) is 11.0. The van der Waals surface area contributed by atoms with E-state index in [9.17, 15) is 13.2 Å². The Kier molecular flexibility index (Phi) is 7.29. The summed E-state index contributed by atoms with van der Waals surface area (Å²) in [7, 11) is -3.35. The fourth-order valence-electron chi connectivity index (χ4n) is 3.51. The van der Waals surface area contributed by atoms with Crippen LogP contribution >= 0.6 is 0 Å². The molecule has 1 amide bonds. The fraction of sp³-hybridized carbons (Fsp3) is 0.632. The van der Waals surface area contributed by atoms with Gasteiger partial charge in [0.25, 0.3) is 5.91 Å². The number of unbranched alkanes of at least 4 members (excludes halogenated alkanes) is 1. The Hall–Kier alpha value is -1.56. The van der Waals surface area contributed by atoms with Gasteiger partial charge in [0.2, 0.25) is 10.0 Å². The first-order chi connectivity index (χ1) is 11.9. The number of carbonyl (C=O) groups excluding carboxylic acids is 1. The molecule has 0 aliphatic heterocycles. The Labute approximate surface area is 151 Å². The molecular formula is C19H30N2O3S. The highest BCUT2D eigenvalue weighted by atomic mass is 32.2. The van der Waals surface area contributed by atoms with Crippen molar-refractivity contribution >= 4 is 21.6 Å². The van der Waals surface area contributed by atoms with E-state index in [0.29, 0.717) is 23.6 Å². The molecule has 1 aliphatic rings. The highest BCUT2D eigenvalue weighted by Crippen LogP contribution is 2.30. The molecule has 1 saturated carbocycles. The van der Waals surface area contributed by atoms with Crippen LogP contribution in [0.4, 0.5) is 5.69 Å². The Bertz CT molecular complexity index is 673. The molecule has 1 aliphatic carbocycles. The molecule has 0 saturated heterocycles. The molecule has 0 spiro atoms. The van der Waals surface area contributed by atoms with E-state index < -0.39 is 10.0 Å². The van der Waals surface area contributed by atoms with Gasteiger partial charge in [0.15, 0.2) is 0 Å². The molecule has 0 radical (unpaired) electrons. The second-order valence-electron chi connectivity index (χ2n) is 6.91. The number of nitrogens with one attached hydrogen (secondary N) is 2. The van der Waals surface area contributed by atoms with Gasteiger partial charge in [-0.3, -0.25) is 9.52 Å². The van der Waals surface area contributed by atoms with E-state index in [1.54, 1.807) is 24.3 Å². The van der Waals surface area contributed by atoms with E-state index in [4.69, 9.17) is 0 Å². The lowest BCUT2D eigenvalue weighted by Gasteiger charge is -2.21. The molecule has 1 fully saturated rings. The number of sulfonamides is 1. The lowest BCUT2D eigenvalue weighted by molar-refractivity contribution is 0.0926. The van der Waals surface area contributed by atoms with E-state index in [1.807, 2.05) is 6.92 Å². The Balaban J connectivity index is 2.01. The zero-order valence-electron chi connectivity index (χ0n) is 15.3. The van der Waals surface area contributed by atoms with Gasteiger partial charge in [0, 0.05) is 17.3 Å². The minimum Gasteiger partial charge on any atom is -0.349 e. The van der Waals surface area contributed by atoms with Gasteiger partial charge in [0.1, 0.15) is 0 Å². The molecule has 2 unspecified atom stereocenters. The van der Waals surface area contributed by atoms with Crippen molar-refractivity contribution in [2.24, 2.45) is 5.92 Å². The van der Waals surface area contributed by atoms with Gasteiger partial charge in [-0.1, -0.05) is 39.2 Å². The number of anilines is 1. The molecule has 140 valence electrons. The highest BCUT2D eigenvalue weighted by Gasteiger charge is 2.28. The topological polar surface area (TPSA) is 75.3 Å². The molecule has 1 aromatic rings. The van der Waals surface area contributed by atoms with Crippen molar-refractivity contribution in [1.82, 2.24) is 5.32 Å². The lowest BCUT2D eigenvalue weighted by Crippen LogP contribution is -2.37. The monoisotopic (exact) mass is 366 g/mol. The largest absolute Gasteiger partial charge is 0.349 e. The second kappa shape index (κ2) is 9.22. The van der Waals surface area contributed by atoms with Gasteiger partial charge in [0.05, 0.1) is 5.75 Å². The van der Waals surface area contributed by atoms with Crippen LogP contribution < -0.4 is 10.0 Å². The highest BCUT2D eigenvalue weighted by molar-refractivity contribution is 7.92. The minimum absolute atomic E-state index is 0.0740. The summed E-state index contributed by atoms with van der Waals surface area (Å²) in [5.41, 5.74) is 0.938. The molecule has 1 aromatic carbocycles. The van der Waals surface area contributed by atoms with E-state index >= 15 is 0 Å². The van der Waals surface area contributed by atoms with Gasteiger partial charge in [-0.25, -0.2) is 8.42 Å². The third kappa shape index (κ3) is 6.03. The molecule has 0 aromatic heterocycles. The Morgan fingerprint density at radius 3 is 2.72 bits per heavy atom. The molecular weight excluding hydrogens is 336 g/mol. The molecule has 2 atom stereocenters. The Morgan fingerprint density at radius 1 is 1.20 bits per heavy atom. The van der Waals surface area contributed by atoms with Crippen molar-refractivity contribution in [3.63, 3.8) is 0 Å². The summed E-state index contributed by atoms with van der Waals surface area (Å²) in [6.45, 7) is 4.01. The number of hydrogen-bond acceptors (Lipinski definition) is 3. The van der Waals surface area contributed by atoms with Crippen molar-refractivity contribution in [3.8, 4) is 0 Å². The summed E-state index contributed by atoms with van der Waals surface area (Å²) in [5, 5.41) is 3.15. The SMILES string of the molecule is CCCCC1CCCC1NC(=O)c1cccc(NS(=O)(=O)CCC)c1. The number of hydrogen-bond donors (Lipinski definition) is 2. The summed E-state index contributed by atoms with van der Waals surface area (Å²) in [4.78, 5) is 12.6. The fourth-order valence-corrected chi connectivity index (χ4v) is 4.64. The van der Waals surface area contributed by atoms with Crippen LogP contribution in [-0.2, 0) is 10.0 Å². The predicted octanol–water partition coefficient (Wildman–Crippen LogP) is 3.93. The van der Waals surface area contributed by atoms with Crippen LogP contribution in [0.3, 0.4) is 0 Å². The van der Waals surface area contributed by atoms with E-state index in [1.165, 1.54) is 19.3 Å². The van der Waals surface area contributed by atoms with Crippen molar-refractivity contribution < 1.29 is 13.2 Å². The lowest BCUT2D eigenvalue weighted by atomic mass is 9.96. The number of rotatable bonds is 9. The van der Waals surface area contributed by atoms with E-state index in [-0.39, 0.29) is 17.7 Å². The van der Waals surface area contributed by atoms with Crippen LogP contribution in [0.1, 0.15) is 69.2 Å². The first-order valence-electron chi connectivity index (χ1n) is 9.36. The summed E-state index contributed by atoms with van der Waals surface area (Å²) in [6.07, 6.45) is 7.47. The number of amides is 1. The van der Waals surface area contributed by atoms with Crippen LogP contribution in [0.25, 0.3) is 0 Å². The maximum absolute atomic E-state index is 12.6. The third-order valence-electron chi connectivity index (χ3n) is 4.78. The van der Waals surface area contributed by atoms with Gasteiger partial charge < -0.3 is 5.32 Å². The summed E-state index contributed by atoms with van der Waals surface area (Å²) < 4.78 is 26.3. The Morgan fingerprint density at radius 2 is 2.00 bits per heavy atom. The van der Waals surface area contributed by atoms with Crippen LogP contribution in [0.15, 0.2) is 24.3 Å². The van der Waals surface area contributed by atoms with Crippen LogP contribution in [0, 0.1) is 5.92 Å². The minimum atomic E-state index is -3.35. The number of benzene rings is 1. The second-order valence-corrected chi connectivity index (χ2v) is 8.76. The standard InChI is InChI=1S/C19H30N2O3S/c1-3-5-8-15-9-7-12-18(15)20-19(22)16-10-6-11-17(14-16)21-25(23,24)13-4-2/h6,10-11,14-15,18,21H,3-5,7-9,12-13H2,1-2H3,(H,20,22). The quantitative estimate of drug-likeness (QED) is 0.695. The molecule has 0 heterocycles. The van der Waals surface area contributed by atoms with Gasteiger partial charge in [-0.15, -0.1) is 0 Å². The van der Waals surface area contributed by atoms with Crippen molar-refractivity contribution in [1.29, 1.82) is 0 Å². The van der Waals surface area contributed by atoms with Crippen molar-refractivity contribution in [2.75, 3.05) is 10.5 Å². The number of carbonyl (C=O) groups is 1. The first kappa shape index (κ1) is 19.8.